The van der Waals surface area contributed by atoms with Gasteiger partial charge in [0.15, 0.2) is 0 Å². The van der Waals surface area contributed by atoms with Crippen LogP contribution < -0.4 is 16.2 Å². The third kappa shape index (κ3) is 4.99. The third-order valence-electron chi connectivity index (χ3n) is 1.93. The van der Waals surface area contributed by atoms with E-state index in [1.165, 1.54) is 0 Å². The van der Waals surface area contributed by atoms with Crippen molar-refractivity contribution in [3.63, 3.8) is 0 Å². The summed E-state index contributed by atoms with van der Waals surface area (Å²) in [4.78, 5) is 0. The summed E-state index contributed by atoms with van der Waals surface area (Å²) in [5.41, 5.74) is 7.25. The second-order valence-corrected chi connectivity index (χ2v) is 6.36. The molecule has 0 saturated carbocycles. The first-order valence-electron chi connectivity index (χ1n) is 4.68. The van der Waals surface area contributed by atoms with Crippen molar-refractivity contribution in [1.82, 2.24) is 0 Å². The molecule has 0 spiro atoms. The van der Waals surface area contributed by atoms with Crippen LogP contribution in [0.15, 0.2) is 18.2 Å². The molecule has 1 rings (SSSR count). The molecule has 0 aromatic heterocycles. The first-order chi connectivity index (χ1) is 7.38. The number of hydrogen-bond donors (Lipinski definition) is 3. The average Bonchev–Trinajstić information content (AvgIpc) is 2.13. The lowest BCUT2D eigenvalue weighted by atomic mass is 10.2. The summed E-state index contributed by atoms with van der Waals surface area (Å²) in [7, 11) is -3.37. The Balaban J connectivity index is 2.43. The van der Waals surface area contributed by atoms with Crippen LogP contribution in [0.3, 0.4) is 0 Å². The van der Waals surface area contributed by atoms with Crippen molar-refractivity contribution >= 4 is 44.0 Å². The Kier molecular flexibility index (Phi) is 4.81. The van der Waals surface area contributed by atoms with E-state index in [1.54, 1.807) is 0 Å². The van der Waals surface area contributed by atoms with Crippen molar-refractivity contribution in [1.29, 1.82) is 0 Å². The molecular weight excluding hydrogens is 341 g/mol. The van der Waals surface area contributed by atoms with Crippen LogP contribution in [0.2, 0.25) is 0 Å². The van der Waals surface area contributed by atoms with E-state index in [0.717, 1.165) is 9.26 Å². The highest BCUT2D eigenvalue weighted by Crippen LogP contribution is 2.20. The zero-order valence-electron chi connectivity index (χ0n) is 8.61. The van der Waals surface area contributed by atoms with Gasteiger partial charge in [0.05, 0.1) is 17.1 Å². The molecule has 0 aliphatic heterocycles. The summed E-state index contributed by atoms with van der Waals surface area (Å²) in [6.07, 6.45) is 0.463. The molecule has 0 amide bonds. The fourth-order valence-corrected chi connectivity index (χ4v) is 2.25. The molecule has 0 heterocycles. The van der Waals surface area contributed by atoms with Crippen molar-refractivity contribution in [3.05, 3.63) is 21.8 Å². The molecule has 1 aromatic rings. The van der Waals surface area contributed by atoms with E-state index >= 15 is 0 Å². The van der Waals surface area contributed by atoms with E-state index < -0.39 is 10.0 Å². The SMILES string of the molecule is Nc1cc(I)ccc1NCCCS(N)(=O)=O. The first-order valence-corrected chi connectivity index (χ1v) is 7.47. The van der Waals surface area contributed by atoms with Crippen molar-refractivity contribution in [2.24, 2.45) is 5.14 Å². The number of anilines is 2. The molecule has 7 heteroatoms. The number of primary sulfonamides is 1. The fraction of sp³-hybridized carbons (Fsp3) is 0.333. The van der Waals surface area contributed by atoms with E-state index in [4.69, 9.17) is 10.9 Å². The van der Waals surface area contributed by atoms with Crippen molar-refractivity contribution < 1.29 is 8.42 Å². The molecule has 0 aliphatic carbocycles. The molecule has 0 aliphatic rings. The van der Waals surface area contributed by atoms with Gasteiger partial charge in [0.25, 0.3) is 0 Å². The molecule has 16 heavy (non-hydrogen) atoms. The second kappa shape index (κ2) is 5.69. The van der Waals surface area contributed by atoms with E-state index in [9.17, 15) is 8.42 Å². The Morgan fingerprint density at radius 2 is 2.06 bits per heavy atom. The topological polar surface area (TPSA) is 98.2 Å². The molecule has 5 N–H and O–H groups in total. The van der Waals surface area contributed by atoms with E-state index in [1.807, 2.05) is 18.2 Å². The molecule has 90 valence electrons. The summed E-state index contributed by atoms with van der Waals surface area (Å²) < 4.78 is 22.4. The number of halogens is 1. The van der Waals surface area contributed by atoms with Gasteiger partial charge in [-0.05, 0) is 47.2 Å². The Morgan fingerprint density at radius 1 is 1.38 bits per heavy atom. The standard InChI is InChI=1S/C9H14IN3O2S/c10-7-2-3-9(8(11)6-7)13-4-1-5-16(12,14)15/h2-3,6,13H,1,4-5,11H2,(H2,12,14,15). The van der Waals surface area contributed by atoms with Crippen molar-refractivity contribution in [2.45, 2.75) is 6.42 Å². The number of nitrogens with one attached hydrogen (secondary N) is 1. The number of nitrogen functional groups attached to an aromatic ring is 1. The lowest BCUT2D eigenvalue weighted by Crippen LogP contribution is -2.18. The zero-order chi connectivity index (χ0) is 12.2. The summed E-state index contributed by atoms with van der Waals surface area (Å²) in [5.74, 6) is -0.0235. The molecule has 0 radical (unpaired) electrons. The molecule has 0 atom stereocenters. The van der Waals surface area contributed by atoms with Crippen LogP contribution >= 0.6 is 22.6 Å². The Labute approximate surface area is 109 Å². The van der Waals surface area contributed by atoms with Crippen LogP contribution in [0.1, 0.15) is 6.42 Å². The number of sulfonamides is 1. The molecule has 0 saturated heterocycles. The molecule has 1 aromatic carbocycles. The van der Waals surface area contributed by atoms with Gasteiger partial charge in [0, 0.05) is 10.1 Å². The minimum atomic E-state index is -3.37. The van der Waals surface area contributed by atoms with Gasteiger partial charge in [0.2, 0.25) is 10.0 Å². The molecule has 0 bridgehead atoms. The lowest BCUT2D eigenvalue weighted by molar-refractivity contribution is 0.596. The minimum Gasteiger partial charge on any atom is -0.397 e. The van der Waals surface area contributed by atoms with Gasteiger partial charge in [-0.25, -0.2) is 13.6 Å². The fourth-order valence-electron chi connectivity index (χ4n) is 1.19. The van der Waals surface area contributed by atoms with Gasteiger partial charge in [0.1, 0.15) is 0 Å². The van der Waals surface area contributed by atoms with Crippen LogP contribution in [0.25, 0.3) is 0 Å². The third-order valence-corrected chi connectivity index (χ3v) is 3.46. The highest BCUT2D eigenvalue weighted by Gasteiger charge is 2.02. The van der Waals surface area contributed by atoms with Gasteiger partial charge >= 0.3 is 0 Å². The highest BCUT2D eigenvalue weighted by atomic mass is 127. The number of rotatable bonds is 5. The van der Waals surface area contributed by atoms with Crippen LogP contribution in [0.4, 0.5) is 11.4 Å². The predicted octanol–water partition coefficient (Wildman–Crippen LogP) is 0.964. The molecule has 0 fully saturated rings. The van der Waals surface area contributed by atoms with E-state index in [2.05, 4.69) is 27.9 Å². The maximum atomic E-state index is 10.7. The zero-order valence-corrected chi connectivity index (χ0v) is 11.6. The van der Waals surface area contributed by atoms with Gasteiger partial charge < -0.3 is 11.1 Å². The van der Waals surface area contributed by atoms with Gasteiger partial charge in [-0.2, -0.15) is 0 Å². The van der Waals surface area contributed by atoms with Gasteiger partial charge in [-0.1, -0.05) is 0 Å². The maximum Gasteiger partial charge on any atom is 0.209 e. The maximum absolute atomic E-state index is 10.7. The smallest absolute Gasteiger partial charge is 0.209 e. The average molecular weight is 355 g/mol. The van der Waals surface area contributed by atoms with Crippen molar-refractivity contribution in [3.8, 4) is 0 Å². The Morgan fingerprint density at radius 3 is 2.62 bits per heavy atom. The predicted molar refractivity (Wildman–Crippen MR) is 74.7 cm³/mol. The van der Waals surface area contributed by atoms with Gasteiger partial charge in [-0.3, -0.25) is 0 Å². The monoisotopic (exact) mass is 355 g/mol. The van der Waals surface area contributed by atoms with Crippen LogP contribution in [-0.4, -0.2) is 20.7 Å². The summed E-state index contributed by atoms with van der Waals surface area (Å²) in [6, 6.07) is 5.65. The number of hydrogen-bond acceptors (Lipinski definition) is 4. The second-order valence-electron chi connectivity index (χ2n) is 3.38. The summed E-state index contributed by atoms with van der Waals surface area (Å²) >= 11 is 2.17. The lowest BCUT2D eigenvalue weighted by Gasteiger charge is -2.08. The minimum absolute atomic E-state index is 0.0235. The van der Waals surface area contributed by atoms with Crippen molar-refractivity contribution in [2.75, 3.05) is 23.3 Å². The van der Waals surface area contributed by atoms with E-state index in [-0.39, 0.29) is 5.75 Å². The molecular formula is C9H14IN3O2S. The van der Waals surface area contributed by atoms with Crippen LogP contribution in [0, 0.1) is 3.57 Å². The normalized spacial score (nSPS) is 11.4. The summed E-state index contributed by atoms with van der Waals surface area (Å²) in [5, 5.41) is 7.95. The Hall–Kier alpha value is -0.540. The van der Waals surface area contributed by atoms with Crippen LogP contribution in [-0.2, 0) is 10.0 Å². The quantitative estimate of drug-likeness (QED) is 0.416. The number of benzene rings is 1. The van der Waals surface area contributed by atoms with Gasteiger partial charge in [-0.15, -0.1) is 0 Å². The molecule has 5 nitrogen and oxygen atoms in total. The first kappa shape index (κ1) is 13.5. The molecule has 0 unspecified atom stereocenters. The number of nitrogens with two attached hydrogens (primary N) is 2. The Bertz CT molecular complexity index is 462. The van der Waals surface area contributed by atoms with E-state index in [0.29, 0.717) is 18.7 Å². The summed E-state index contributed by atoms with van der Waals surface area (Å²) in [6.45, 7) is 0.529. The highest BCUT2D eigenvalue weighted by molar-refractivity contribution is 14.1. The van der Waals surface area contributed by atoms with Crippen LogP contribution in [0.5, 0.6) is 0 Å². The largest absolute Gasteiger partial charge is 0.397 e.